The van der Waals surface area contributed by atoms with Gasteiger partial charge in [-0.3, -0.25) is 5.10 Å². The quantitative estimate of drug-likeness (QED) is 0.743. The highest BCUT2D eigenvalue weighted by Gasteiger charge is 2.17. The molecule has 0 bridgehead atoms. The Kier molecular flexibility index (Phi) is 2.79. The minimum atomic E-state index is 0.179. The minimum absolute atomic E-state index is 0.179. The van der Waals surface area contributed by atoms with Crippen LogP contribution in [0.3, 0.4) is 0 Å². The van der Waals surface area contributed by atoms with Crippen LogP contribution in [0, 0.1) is 0 Å². The number of hydrogen-bond donors (Lipinski definition) is 1. The number of aromatic amines is 1. The molecule has 1 heterocycles. The normalized spacial score (nSPS) is 14.5. The summed E-state index contributed by atoms with van der Waals surface area (Å²) in [5.74, 6) is 0.562. The Labute approximate surface area is 80.7 Å². The predicted octanol–water partition coefficient (Wildman–Crippen LogP) is 3.22. The average molecular weight is 180 g/mol. The van der Waals surface area contributed by atoms with Crippen LogP contribution in [0.1, 0.15) is 58.3 Å². The zero-order valence-electron chi connectivity index (χ0n) is 9.31. The summed E-state index contributed by atoms with van der Waals surface area (Å²) in [6, 6.07) is 2.19. The molecule has 0 amide bonds. The molecule has 74 valence electrons. The molecule has 0 saturated carbocycles. The number of nitrogens with zero attached hydrogens (tertiary/aromatic N) is 1. The fourth-order valence-corrected chi connectivity index (χ4v) is 1.18. The average Bonchev–Trinajstić information content (AvgIpc) is 2.50. The Morgan fingerprint density at radius 3 is 2.46 bits per heavy atom. The minimum Gasteiger partial charge on any atom is -0.282 e. The summed E-state index contributed by atoms with van der Waals surface area (Å²) in [4.78, 5) is 0. The molecule has 0 fully saturated rings. The van der Waals surface area contributed by atoms with Crippen LogP contribution in [0.4, 0.5) is 0 Å². The molecular weight excluding hydrogens is 160 g/mol. The summed E-state index contributed by atoms with van der Waals surface area (Å²) in [5, 5.41) is 7.44. The van der Waals surface area contributed by atoms with Crippen molar-refractivity contribution in [2.75, 3.05) is 0 Å². The van der Waals surface area contributed by atoms with Gasteiger partial charge in [-0.15, -0.1) is 0 Å². The molecule has 1 aromatic heterocycles. The topological polar surface area (TPSA) is 28.7 Å². The van der Waals surface area contributed by atoms with Gasteiger partial charge in [-0.1, -0.05) is 34.6 Å². The second-order valence-electron chi connectivity index (χ2n) is 4.77. The van der Waals surface area contributed by atoms with Crippen LogP contribution in [0.5, 0.6) is 0 Å². The van der Waals surface area contributed by atoms with E-state index in [2.05, 4.69) is 50.9 Å². The molecule has 0 aliphatic heterocycles. The lowest BCUT2D eigenvalue weighted by atomic mass is 9.91. The van der Waals surface area contributed by atoms with Crippen LogP contribution in [0.25, 0.3) is 0 Å². The highest BCUT2D eigenvalue weighted by Crippen LogP contribution is 2.24. The zero-order chi connectivity index (χ0) is 10.1. The zero-order valence-corrected chi connectivity index (χ0v) is 9.31. The van der Waals surface area contributed by atoms with Crippen LogP contribution in [0.2, 0.25) is 0 Å². The molecule has 2 nitrogen and oxygen atoms in total. The molecule has 1 aromatic rings. The smallest absolute Gasteiger partial charge is 0.0653 e. The number of rotatable bonds is 2. The predicted molar refractivity (Wildman–Crippen MR) is 56.0 cm³/mol. The van der Waals surface area contributed by atoms with E-state index in [1.807, 2.05) is 0 Å². The van der Waals surface area contributed by atoms with Gasteiger partial charge >= 0.3 is 0 Å². The first-order valence-electron chi connectivity index (χ1n) is 5.01. The molecule has 2 heteroatoms. The van der Waals surface area contributed by atoms with Crippen LogP contribution >= 0.6 is 0 Å². The molecule has 13 heavy (non-hydrogen) atoms. The SMILES string of the molecule is CCC(C)c1cc(C(C)(C)C)[nH]n1. The van der Waals surface area contributed by atoms with Gasteiger partial charge in [-0.25, -0.2) is 0 Å². The maximum atomic E-state index is 4.33. The third-order valence-electron chi connectivity index (χ3n) is 2.52. The van der Waals surface area contributed by atoms with Crippen molar-refractivity contribution in [2.45, 2.75) is 52.4 Å². The van der Waals surface area contributed by atoms with Crippen molar-refractivity contribution in [3.8, 4) is 0 Å². The van der Waals surface area contributed by atoms with E-state index in [0.717, 1.165) is 6.42 Å². The van der Waals surface area contributed by atoms with Crippen LogP contribution in [-0.4, -0.2) is 10.2 Å². The maximum Gasteiger partial charge on any atom is 0.0653 e. The van der Waals surface area contributed by atoms with Gasteiger partial charge < -0.3 is 0 Å². The summed E-state index contributed by atoms with van der Waals surface area (Å²) >= 11 is 0. The van der Waals surface area contributed by atoms with Crippen LogP contribution in [-0.2, 0) is 5.41 Å². The first-order valence-corrected chi connectivity index (χ1v) is 5.01. The summed E-state index contributed by atoms with van der Waals surface area (Å²) in [6.07, 6.45) is 1.15. The molecule has 1 rings (SSSR count). The van der Waals surface area contributed by atoms with E-state index >= 15 is 0 Å². The molecule has 1 unspecified atom stereocenters. The van der Waals surface area contributed by atoms with E-state index in [9.17, 15) is 0 Å². The van der Waals surface area contributed by atoms with E-state index in [1.54, 1.807) is 0 Å². The van der Waals surface area contributed by atoms with E-state index in [0.29, 0.717) is 5.92 Å². The van der Waals surface area contributed by atoms with Gasteiger partial charge in [-0.05, 0) is 18.4 Å². The molecule has 0 aliphatic carbocycles. The second kappa shape index (κ2) is 3.52. The Morgan fingerprint density at radius 2 is 2.08 bits per heavy atom. The van der Waals surface area contributed by atoms with Gasteiger partial charge in [0.25, 0.3) is 0 Å². The van der Waals surface area contributed by atoms with Crippen molar-refractivity contribution in [1.29, 1.82) is 0 Å². The van der Waals surface area contributed by atoms with E-state index in [-0.39, 0.29) is 5.41 Å². The largest absolute Gasteiger partial charge is 0.282 e. The Bertz CT molecular complexity index is 268. The number of nitrogens with one attached hydrogen (secondary N) is 1. The molecule has 0 aromatic carbocycles. The van der Waals surface area contributed by atoms with Crippen LogP contribution < -0.4 is 0 Å². The van der Waals surface area contributed by atoms with Gasteiger partial charge in [0.1, 0.15) is 0 Å². The van der Waals surface area contributed by atoms with Gasteiger partial charge in [0.05, 0.1) is 5.69 Å². The monoisotopic (exact) mass is 180 g/mol. The number of aromatic nitrogens is 2. The lowest BCUT2D eigenvalue weighted by molar-refractivity contribution is 0.567. The molecule has 0 spiro atoms. The highest BCUT2D eigenvalue weighted by atomic mass is 15.1. The Hall–Kier alpha value is -0.790. The van der Waals surface area contributed by atoms with Gasteiger partial charge in [0, 0.05) is 11.1 Å². The number of hydrogen-bond acceptors (Lipinski definition) is 1. The Morgan fingerprint density at radius 1 is 1.46 bits per heavy atom. The van der Waals surface area contributed by atoms with Gasteiger partial charge in [0.15, 0.2) is 0 Å². The van der Waals surface area contributed by atoms with Crippen molar-refractivity contribution < 1.29 is 0 Å². The third-order valence-corrected chi connectivity index (χ3v) is 2.52. The van der Waals surface area contributed by atoms with Crippen molar-refractivity contribution in [1.82, 2.24) is 10.2 Å². The molecular formula is C11H20N2. The van der Waals surface area contributed by atoms with Gasteiger partial charge in [0.2, 0.25) is 0 Å². The third kappa shape index (κ3) is 2.33. The molecule has 0 aliphatic rings. The van der Waals surface area contributed by atoms with Crippen molar-refractivity contribution in [3.63, 3.8) is 0 Å². The summed E-state index contributed by atoms with van der Waals surface area (Å²) in [7, 11) is 0. The molecule has 1 atom stereocenters. The Balaban J connectivity index is 2.87. The molecule has 0 saturated heterocycles. The van der Waals surface area contributed by atoms with Crippen molar-refractivity contribution in [3.05, 3.63) is 17.5 Å². The van der Waals surface area contributed by atoms with E-state index in [1.165, 1.54) is 11.4 Å². The lowest BCUT2D eigenvalue weighted by Crippen LogP contribution is -2.11. The summed E-state index contributed by atoms with van der Waals surface area (Å²) < 4.78 is 0. The summed E-state index contributed by atoms with van der Waals surface area (Å²) in [6.45, 7) is 11.0. The van der Waals surface area contributed by atoms with Crippen molar-refractivity contribution in [2.24, 2.45) is 0 Å². The number of H-pyrrole nitrogens is 1. The lowest BCUT2D eigenvalue weighted by Gasteiger charge is -2.14. The molecule has 0 radical (unpaired) electrons. The van der Waals surface area contributed by atoms with Crippen LogP contribution in [0.15, 0.2) is 6.07 Å². The fourth-order valence-electron chi connectivity index (χ4n) is 1.18. The van der Waals surface area contributed by atoms with Crippen molar-refractivity contribution >= 4 is 0 Å². The summed E-state index contributed by atoms with van der Waals surface area (Å²) in [5.41, 5.74) is 2.59. The molecule has 1 N–H and O–H groups in total. The first kappa shape index (κ1) is 10.3. The highest BCUT2D eigenvalue weighted by molar-refractivity contribution is 5.18. The maximum absolute atomic E-state index is 4.33. The van der Waals surface area contributed by atoms with Gasteiger partial charge in [-0.2, -0.15) is 5.10 Å². The second-order valence-corrected chi connectivity index (χ2v) is 4.77. The van der Waals surface area contributed by atoms with E-state index in [4.69, 9.17) is 0 Å². The first-order chi connectivity index (χ1) is 5.95. The standard InChI is InChI=1S/C11H20N2/c1-6-8(2)9-7-10(13-12-9)11(3,4)5/h7-8H,6H2,1-5H3,(H,12,13). The fraction of sp³-hybridized carbons (Fsp3) is 0.727. The van der Waals surface area contributed by atoms with E-state index < -0.39 is 0 Å².